The van der Waals surface area contributed by atoms with E-state index in [4.69, 9.17) is 16.3 Å². The van der Waals surface area contributed by atoms with Crippen LogP contribution in [-0.4, -0.2) is 60.0 Å². The molecule has 2 aromatic carbocycles. The minimum absolute atomic E-state index is 0.0942. The van der Waals surface area contributed by atoms with E-state index in [1.807, 2.05) is 0 Å². The van der Waals surface area contributed by atoms with Gasteiger partial charge in [-0.05, 0) is 68.4 Å². The SMILES string of the molecule is COc1ccc(Cl)c(C(=O)Nc2cnc(Nc3ccc(C(=O)NCCN4CCCC4)cc3)nc2)c1. The van der Waals surface area contributed by atoms with E-state index in [1.54, 1.807) is 42.5 Å². The van der Waals surface area contributed by atoms with Crippen LogP contribution in [0.5, 0.6) is 5.75 Å². The molecule has 0 spiro atoms. The maximum absolute atomic E-state index is 12.5. The standard InChI is InChI=1S/C25H27ClN6O3/c1-35-20-8-9-22(26)21(14-20)24(34)30-19-15-28-25(29-16-19)31-18-6-4-17(5-7-18)23(33)27-10-13-32-11-2-3-12-32/h4-9,14-16H,2-3,10-13H2,1H3,(H,27,33)(H,30,34)(H,28,29,31). The Labute approximate surface area is 208 Å². The van der Waals surface area contributed by atoms with Gasteiger partial charge in [0.15, 0.2) is 0 Å². The molecule has 1 aromatic heterocycles. The summed E-state index contributed by atoms with van der Waals surface area (Å²) in [5.74, 6) is 0.391. The van der Waals surface area contributed by atoms with E-state index in [2.05, 4.69) is 30.8 Å². The minimum atomic E-state index is -0.396. The molecule has 0 unspecified atom stereocenters. The van der Waals surface area contributed by atoms with Crippen LogP contribution in [0.1, 0.15) is 33.6 Å². The van der Waals surface area contributed by atoms with Crippen LogP contribution >= 0.6 is 11.6 Å². The number of nitrogens with zero attached hydrogens (tertiary/aromatic N) is 3. The lowest BCUT2D eigenvalue weighted by atomic mass is 10.2. The number of ether oxygens (including phenoxy) is 1. The van der Waals surface area contributed by atoms with Crippen LogP contribution in [0.3, 0.4) is 0 Å². The summed E-state index contributed by atoms with van der Waals surface area (Å²) in [5.41, 5.74) is 2.03. The number of carbonyl (C=O) groups is 2. The molecule has 1 aliphatic rings. The third-order valence-corrected chi connectivity index (χ3v) is 5.97. The summed E-state index contributed by atoms with van der Waals surface area (Å²) < 4.78 is 5.14. The number of hydrogen-bond acceptors (Lipinski definition) is 7. The van der Waals surface area contributed by atoms with Crippen molar-refractivity contribution in [3.63, 3.8) is 0 Å². The third-order valence-electron chi connectivity index (χ3n) is 5.64. The highest BCUT2D eigenvalue weighted by molar-refractivity contribution is 6.34. The molecule has 4 rings (SSSR count). The Morgan fingerprint density at radius 2 is 1.71 bits per heavy atom. The second kappa shape index (κ2) is 11.6. The molecule has 10 heteroatoms. The molecule has 35 heavy (non-hydrogen) atoms. The number of anilines is 3. The van der Waals surface area contributed by atoms with Gasteiger partial charge in [-0.2, -0.15) is 0 Å². The number of rotatable bonds is 9. The number of likely N-dealkylation sites (tertiary alicyclic amines) is 1. The number of hydrogen-bond donors (Lipinski definition) is 3. The molecule has 3 aromatic rings. The van der Waals surface area contributed by atoms with Crippen LogP contribution in [0, 0.1) is 0 Å². The van der Waals surface area contributed by atoms with Gasteiger partial charge < -0.3 is 25.6 Å². The van der Waals surface area contributed by atoms with Crippen LogP contribution in [0.2, 0.25) is 5.02 Å². The van der Waals surface area contributed by atoms with Gasteiger partial charge in [0.1, 0.15) is 5.75 Å². The Morgan fingerprint density at radius 1 is 1.00 bits per heavy atom. The summed E-state index contributed by atoms with van der Waals surface area (Å²) in [6, 6.07) is 11.9. The maximum Gasteiger partial charge on any atom is 0.257 e. The first-order valence-corrected chi connectivity index (χ1v) is 11.7. The monoisotopic (exact) mass is 494 g/mol. The van der Waals surface area contributed by atoms with E-state index in [1.165, 1.54) is 32.3 Å². The topological polar surface area (TPSA) is 108 Å². The van der Waals surface area contributed by atoms with Crippen LogP contribution in [0.25, 0.3) is 0 Å². The fraction of sp³-hybridized carbons (Fsp3) is 0.280. The van der Waals surface area contributed by atoms with E-state index < -0.39 is 5.91 Å². The van der Waals surface area contributed by atoms with Crippen LogP contribution in [-0.2, 0) is 0 Å². The summed E-state index contributed by atoms with van der Waals surface area (Å²) in [6.07, 6.45) is 5.45. The fourth-order valence-electron chi connectivity index (χ4n) is 3.73. The first-order chi connectivity index (χ1) is 17.0. The zero-order chi connectivity index (χ0) is 24.6. The minimum Gasteiger partial charge on any atom is -0.497 e. The van der Waals surface area contributed by atoms with E-state index >= 15 is 0 Å². The lowest BCUT2D eigenvalue weighted by Gasteiger charge is -2.14. The van der Waals surface area contributed by atoms with Crippen molar-refractivity contribution in [3.05, 3.63) is 71.0 Å². The molecule has 182 valence electrons. The molecule has 2 amide bonds. The van der Waals surface area contributed by atoms with Gasteiger partial charge in [0.05, 0.1) is 35.8 Å². The Kier molecular flexibility index (Phi) is 8.12. The zero-order valence-corrected chi connectivity index (χ0v) is 20.1. The predicted molar refractivity (Wildman–Crippen MR) is 136 cm³/mol. The number of halogens is 1. The van der Waals surface area contributed by atoms with Gasteiger partial charge in [0, 0.05) is 24.3 Å². The number of aromatic nitrogens is 2. The van der Waals surface area contributed by atoms with Crippen molar-refractivity contribution in [2.24, 2.45) is 0 Å². The van der Waals surface area contributed by atoms with Gasteiger partial charge >= 0.3 is 0 Å². The molecule has 0 radical (unpaired) electrons. The zero-order valence-electron chi connectivity index (χ0n) is 19.4. The molecule has 1 fully saturated rings. The number of methoxy groups -OCH3 is 1. The number of benzene rings is 2. The summed E-state index contributed by atoms with van der Waals surface area (Å²) in [5, 5.41) is 9.07. The molecule has 3 N–H and O–H groups in total. The van der Waals surface area contributed by atoms with Crippen LogP contribution in [0.4, 0.5) is 17.3 Å². The van der Waals surface area contributed by atoms with Crippen molar-refractivity contribution in [3.8, 4) is 5.75 Å². The largest absolute Gasteiger partial charge is 0.497 e. The molecule has 1 saturated heterocycles. The fourth-order valence-corrected chi connectivity index (χ4v) is 3.93. The maximum atomic E-state index is 12.5. The van der Waals surface area contributed by atoms with Gasteiger partial charge in [-0.15, -0.1) is 0 Å². The molecule has 0 atom stereocenters. The predicted octanol–water partition coefficient (Wildman–Crippen LogP) is 3.96. The van der Waals surface area contributed by atoms with Crippen molar-refractivity contribution in [1.82, 2.24) is 20.2 Å². The first-order valence-electron chi connectivity index (χ1n) is 11.4. The second-order valence-electron chi connectivity index (χ2n) is 8.10. The average Bonchev–Trinajstić information content (AvgIpc) is 3.39. The average molecular weight is 495 g/mol. The first kappa shape index (κ1) is 24.4. The number of amides is 2. The quantitative estimate of drug-likeness (QED) is 0.413. The summed E-state index contributed by atoms with van der Waals surface area (Å²) in [7, 11) is 1.52. The lowest BCUT2D eigenvalue weighted by molar-refractivity contribution is 0.0949. The number of carbonyl (C=O) groups excluding carboxylic acids is 2. The normalized spacial score (nSPS) is 13.3. The molecule has 0 aliphatic carbocycles. The van der Waals surface area contributed by atoms with Crippen molar-refractivity contribution >= 4 is 40.7 Å². The van der Waals surface area contributed by atoms with Crippen molar-refractivity contribution in [1.29, 1.82) is 0 Å². The van der Waals surface area contributed by atoms with E-state index in [-0.39, 0.29) is 11.5 Å². The van der Waals surface area contributed by atoms with Crippen molar-refractivity contribution < 1.29 is 14.3 Å². The van der Waals surface area contributed by atoms with Crippen LogP contribution in [0.15, 0.2) is 54.9 Å². The Bertz CT molecular complexity index is 1160. The smallest absolute Gasteiger partial charge is 0.257 e. The van der Waals surface area contributed by atoms with Crippen LogP contribution < -0.4 is 20.7 Å². The Balaban J connectivity index is 1.29. The summed E-state index contributed by atoms with van der Waals surface area (Å²) in [4.78, 5) is 35.7. The lowest BCUT2D eigenvalue weighted by Crippen LogP contribution is -2.33. The van der Waals surface area contributed by atoms with Gasteiger partial charge in [0.25, 0.3) is 11.8 Å². The summed E-state index contributed by atoms with van der Waals surface area (Å²) in [6.45, 7) is 3.75. The highest BCUT2D eigenvalue weighted by atomic mass is 35.5. The van der Waals surface area contributed by atoms with E-state index in [0.717, 1.165) is 25.3 Å². The third kappa shape index (κ3) is 6.68. The molecule has 0 saturated carbocycles. The second-order valence-corrected chi connectivity index (χ2v) is 8.51. The van der Waals surface area contributed by atoms with Gasteiger partial charge in [0.2, 0.25) is 5.95 Å². The molecular formula is C25H27ClN6O3. The molecule has 9 nitrogen and oxygen atoms in total. The molecular weight excluding hydrogens is 468 g/mol. The van der Waals surface area contributed by atoms with Gasteiger partial charge in [-0.1, -0.05) is 11.6 Å². The van der Waals surface area contributed by atoms with E-state index in [0.29, 0.717) is 34.5 Å². The van der Waals surface area contributed by atoms with E-state index in [9.17, 15) is 9.59 Å². The van der Waals surface area contributed by atoms with Crippen molar-refractivity contribution in [2.75, 3.05) is 43.9 Å². The highest BCUT2D eigenvalue weighted by Gasteiger charge is 2.13. The van der Waals surface area contributed by atoms with Crippen molar-refractivity contribution in [2.45, 2.75) is 12.8 Å². The highest BCUT2D eigenvalue weighted by Crippen LogP contribution is 2.23. The van der Waals surface area contributed by atoms with Gasteiger partial charge in [-0.25, -0.2) is 9.97 Å². The molecule has 1 aliphatic heterocycles. The molecule has 0 bridgehead atoms. The molecule has 2 heterocycles. The summed E-state index contributed by atoms with van der Waals surface area (Å²) >= 11 is 6.13. The Hall–Kier alpha value is -3.69. The van der Waals surface area contributed by atoms with Gasteiger partial charge in [-0.3, -0.25) is 9.59 Å². The Morgan fingerprint density at radius 3 is 2.40 bits per heavy atom. The number of nitrogens with one attached hydrogen (secondary N) is 3.